The number of amides is 2. The molecule has 0 bridgehead atoms. The molecule has 4 aromatic rings. The molecule has 3 aromatic heterocycles. The zero-order chi connectivity index (χ0) is 26.2. The second-order valence-electron chi connectivity index (χ2n) is 10.4. The van der Waals surface area contributed by atoms with Gasteiger partial charge in [-0.1, -0.05) is 18.2 Å². The number of benzene rings is 1. The number of carbonyl (C=O) groups is 2. The lowest BCUT2D eigenvalue weighted by Crippen LogP contribution is -2.42. The Morgan fingerprint density at radius 1 is 1.14 bits per heavy atom. The van der Waals surface area contributed by atoms with Crippen molar-refractivity contribution in [2.24, 2.45) is 0 Å². The number of nitrogens with zero attached hydrogens (tertiary/aromatic N) is 3. The van der Waals surface area contributed by atoms with Gasteiger partial charge in [0.2, 0.25) is 0 Å². The minimum Gasteiger partial charge on any atom is -0.444 e. The third-order valence-corrected chi connectivity index (χ3v) is 6.45. The number of hydrogen-bond acceptors (Lipinski definition) is 5. The zero-order valence-corrected chi connectivity index (χ0v) is 21.3. The number of aromatic amines is 1. The number of hydrogen-bond donors (Lipinski definition) is 2. The molecule has 2 N–H and O–H groups in total. The molecule has 0 radical (unpaired) electrons. The fourth-order valence-electron chi connectivity index (χ4n) is 4.72. The molecule has 192 valence electrons. The van der Waals surface area contributed by atoms with E-state index in [-0.39, 0.29) is 29.9 Å². The molecular weight excluding hydrogens is 470 g/mol. The van der Waals surface area contributed by atoms with Gasteiger partial charge in [-0.25, -0.2) is 9.78 Å². The number of carbonyl (C=O) groups excluding carboxylic acids is 2. The van der Waals surface area contributed by atoms with Crippen LogP contribution >= 0.6 is 0 Å². The van der Waals surface area contributed by atoms with Crippen molar-refractivity contribution in [3.8, 4) is 0 Å². The standard InChI is InChI=1S/C28H31N5O4/c1-28(2,3)37-27(36)32-12-6-4-8-23(32)21-15-19-11-10-18(14-20(19)30-21)17-29-26(35)22-16-25(34)33-13-7-5-9-24(33)31-22/h5,7,9-11,13-16,23,30H,4,6,8,12,17H2,1-3H3,(H,29,35). The van der Waals surface area contributed by atoms with Crippen molar-refractivity contribution in [1.29, 1.82) is 0 Å². The Balaban J connectivity index is 1.31. The van der Waals surface area contributed by atoms with Crippen LogP contribution in [-0.2, 0) is 11.3 Å². The Labute approximate surface area is 214 Å². The normalized spacial score (nSPS) is 16.2. The summed E-state index contributed by atoms with van der Waals surface area (Å²) in [6.07, 6.45) is 4.20. The number of aromatic nitrogens is 3. The van der Waals surface area contributed by atoms with E-state index in [1.165, 1.54) is 10.5 Å². The monoisotopic (exact) mass is 501 g/mol. The molecule has 5 rings (SSSR count). The van der Waals surface area contributed by atoms with Crippen molar-refractivity contribution in [1.82, 2.24) is 24.6 Å². The second-order valence-corrected chi connectivity index (χ2v) is 10.4. The van der Waals surface area contributed by atoms with Crippen LogP contribution in [0.2, 0.25) is 0 Å². The molecule has 1 aromatic carbocycles. The van der Waals surface area contributed by atoms with E-state index in [1.54, 1.807) is 24.4 Å². The lowest BCUT2D eigenvalue weighted by molar-refractivity contribution is 0.00907. The summed E-state index contributed by atoms with van der Waals surface area (Å²) in [4.78, 5) is 47.5. The van der Waals surface area contributed by atoms with Gasteiger partial charge >= 0.3 is 6.09 Å². The lowest BCUT2D eigenvalue weighted by atomic mass is 10.00. The number of H-pyrrole nitrogens is 1. The van der Waals surface area contributed by atoms with E-state index in [0.717, 1.165) is 41.4 Å². The summed E-state index contributed by atoms with van der Waals surface area (Å²) in [6.45, 7) is 6.58. The fourth-order valence-corrected chi connectivity index (χ4v) is 4.72. The van der Waals surface area contributed by atoms with E-state index in [4.69, 9.17) is 4.74 Å². The quantitative estimate of drug-likeness (QED) is 0.426. The molecule has 4 heterocycles. The predicted molar refractivity (Wildman–Crippen MR) is 140 cm³/mol. The molecular formula is C28H31N5O4. The molecule has 2 amide bonds. The summed E-state index contributed by atoms with van der Waals surface area (Å²) in [5, 5.41) is 3.88. The highest BCUT2D eigenvalue weighted by atomic mass is 16.6. The smallest absolute Gasteiger partial charge is 0.410 e. The number of nitrogens with one attached hydrogen (secondary N) is 2. The molecule has 1 fully saturated rings. The van der Waals surface area contributed by atoms with Gasteiger partial charge in [0.25, 0.3) is 11.5 Å². The molecule has 1 aliphatic rings. The Hall–Kier alpha value is -4.14. The van der Waals surface area contributed by atoms with Gasteiger partial charge in [-0.05, 0) is 75.2 Å². The van der Waals surface area contributed by atoms with Crippen LogP contribution in [0.3, 0.4) is 0 Å². The van der Waals surface area contributed by atoms with Crippen molar-refractivity contribution >= 4 is 28.6 Å². The van der Waals surface area contributed by atoms with Gasteiger partial charge in [-0.15, -0.1) is 0 Å². The van der Waals surface area contributed by atoms with Crippen molar-refractivity contribution in [3.05, 3.63) is 82.0 Å². The molecule has 1 saturated heterocycles. The van der Waals surface area contributed by atoms with E-state index in [2.05, 4.69) is 21.4 Å². The van der Waals surface area contributed by atoms with Gasteiger partial charge in [-0.3, -0.25) is 18.9 Å². The number of pyridine rings is 1. The van der Waals surface area contributed by atoms with Gasteiger partial charge in [0.15, 0.2) is 0 Å². The molecule has 9 nitrogen and oxygen atoms in total. The van der Waals surface area contributed by atoms with Crippen molar-refractivity contribution in [2.45, 2.75) is 58.2 Å². The minimum absolute atomic E-state index is 0.0720. The average Bonchev–Trinajstić information content (AvgIpc) is 3.29. The molecule has 9 heteroatoms. The van der Waals surface area contributed by atoms with Crippen LogP contribution in [-0.4, -0.2) is 43.4 Å². The first kappa shape index (κ1) is 24.5. The van der Waals surface area contributed by atoms with Gasteiger partial charge in [0.05, 0.1) is 6.04 Å². The summed E-state index contributed by atoms with van der Waals surface area (Å²) in [5.74, 6) is -0.411. The third-order valence-electron chi connectivity index (χ3n) is 6.45. The van der Waals surface area contributed by atoms with Crippen molar-refractivity contribution < 1.29 is 14.3 Å². The molecule has 37 heavy (non-hydrogen) atoms. The molecule has 1 aliphatic heterocycles. The highest BCUT2D eigenvalue weighted by Gasteiger charge is 2.32. The van der Waals surface area contributed by atoms with Crippen molar-refractivity contribution in [3.63, 3.8) is 0 Å². The summed E-state index contributed by atoms with van der Waals surface area (Å²) in [6, 6.07) is 14.4. The number of piperidine rings is 1. The van der Waals surface area contributed by atoms with Crippen LogP contribution in [0.4, 0.5) is 4.79 Å². The largest absolute Gasteiger partial charge is 0.444 e. The van der Waals surface area contributed by atoms with Crippen LogP contribution in [0.25, 0.3) is 16.6 Å². The SMILES string of the molecule is CC(C)(C)OC(=O)N1CCCCC1c1cc2ccc(CNC(=O)c3cc(=O)n4ccccc4n3)cc2[nH]1. The molecule has 0 aliphatic carbocycles. The van der Waals surface area contributed by atoms with Crippen LogP contribution in [0.5, 0.6) is 0 Å². The predicted octanol–water partition coefficient (Wildman–Crippen LogP) is 4.57. The average molecular weight is 502 g/mol. The third kappa shape index (κ3) is 5.35. The van der Waals surface area contributed by atoms with E-state index in [9.17, 15) is 14.4 Å². The van der Waals surface area contributed by atoms with Crippen LogP contribution in [0, 0.1) is 0 Å². The summed E-state index contributed by atoms with van der Waals surface area (Å²) in [7, 11) is 0. The molecule has 0 spiro atoms. The van der Waals surface area contributed by atoms with Gasteiger partial charge in [0.1, 0.15) is 16.9 Å². The van der Waals surface area contributed by atoms with Crippen LogP contribution in [0.15, 0.2) is 59.5 Å². The van der Waals surface area contributed by atoms with E-state index >= 15 is 0 Å². The van der Waals surface area contributed by atoms with E-state index in [0.29, 0.717) is 12.2 Å². The Kier molecular flexibility index (Phi) is 6.45. The van der Waals surface area contributed by atoms with Crippen LogP contribution in [0.1, 0.15) is 67.8 Å². The van der Waals surface area contributed by atoms with Gasteiger partial charge in [-0.2, -0.15) is 0 Å². The topological polar surface area (TPSA) is 109 Å². The number of likely N-dealkylation sites (tertiary alicyclic amines) is 1. The van der Waals surface area contributed by atoms with Gasteiger partial charge in [0, 0.05) is 36.6 Å². The molecule has 1 unspecified atom stereocenters. The second kappa shape index (κ2) is 9.72. The molecule has 0 saturated carbocycles. The summed E-state index contributed by atoms with van der Waals surface area (Å²) in [5.41, 5.74) is 2.46. The minimum atomic E-state index is -0.546. The Bertz CT molecular complexity index is 1530. The summed E-state index contributed by atoms with van der Waals surface area (Å²) < 4.78 is 7.04. The fraction of sp³-hybridized carbons (Fsp3) is 0.357. The van der Waals surface area contributed by atoms with Gasteiger partial charge < -0.3 is 15.0 Å². The zero-order valence-electron chi connectivity index (χ0n) is 21.3. The summed E-state index contributed by atoms with van der Waals surface area (Å²) >= 11 is 0. The first-order valence-electron chi connectivity index (χ1n) is 12.6. The van der Waals surface area contributed by atoms with E-state index < -0.39 is 11.5 Å². The maximum Gasteiger partial charge on any atom is 0.410 e. The first-order chi connectivity index (χ1) is 17.7. The first-order valence-corrected chi connectivity index (χ1v) is 12.6. The van der Waals surface area contributed by atoms with Crippen molar-refractivity contribution in [2.75, 3.05) is 6.54 Å². The number of ether oxygens (including phenoxy) is 1. The Morgan fingerprint density at radius 2 is 1.97 bits per heavy atom. The number of fused-ring (bicyclic) bond motifs is 2. The molecule has 1 atom stereocenters. The maximum absolute atomic E-state index is 12.8. The van der Waals surface area contributed by atoms with Crippen LogP contribution < -0.4 is 10.9 Å². The Morgan fingerprint density at radius 3 is 2.78 bits per heavy atom. The number of rotatable bonds is 4. The maximum atomic E-state index is 12.8. The highest BCUT2D eigenvalue weighted by Crippen LogP contribution is 2.33. The van der Waals surface area contributed by atoms with E-state index in [1.807, 2.05) is 43.9 Å². The highest BCUT2D eigenvalue weighted by molar-refractivity contribution is 5.92. The lowest BCUT2D eigenvalue weighted by Gasteiger charge is -2.36.